The molecule has 0 saturated carbocycles. The van der Waals surface area contributed by atoms with Crippen LogP contribution in [0.1, 0.15) is 5.69 Å². The summed E-state index contributed by atoms with van der Waals surface area (Å²) in [5, 5.41) is 3.21. The molecular weight excluding hydrogens is 316 g/mol. The van der Waals surface area contributed by atoms with Gasteiger partial charge < -0.3 is 14.8 Å². The number of nitrogens with zero attached hydrogens (tertiary/aromatic N) is 5. The van der Waals surface area contributed by atoms with Crippen LogP contribution in [0, 0.1) is 5.92 Å². The quantitative estimate of drug-likeness (QED) is 0.792. The normalized spacial score (nSPS) is 20.9. The summed E-state index contributed by atoms with van der Waals surface area (Å²) < 4.78 is 1.79. The maximum absolute atomic E-state index is 12.4. The van der Waals surface area contributed by atoms with E-state index in [-0.39, 0.29) is 11.9 Å². The Labute approximate surface area is 148 Å². The van der Waals surface area contributed by atoms with Gasteiger partial charge in [0.1, 0.15) is 6.54 Å². The third-order valence-electron chi connectivity index (χ3n) is 4.46. The summed E-state index contributed by atoms with van der Waals surface area (Å²) in [6.07, 6.45) is 6.98. The van der Waals surface area contributed by atoms with Crippen LogP contribution >= 0.6 is 0 Å². The largest absolute Gasteiger partial charge is 0.350 e. The monoisotopic (exact) mass is 342 g/mol. The van der Waals surface area contributed by atoms with Crippen molar-refractivity contribution in [2.24, 2.45) is 5.92 Å². The van der Waals surface area contributed by atoms with E-state index < -0.39 is 0 Å². The molecule has 3 rings (SSSR count). The lowest BCUT2D eigenvalue weighted by molar-refractivity contribution is -0.122. The molecule has 0 aliphatic carbocycles. The number of likely N-dealkylation sites (tertiary alicyclic amines) is 1. The van der Waals surface area contributed by atoms with E-state index in [1.54, 1.807) is 23.3 Å². The van der Waals surface area contributed by atoms with Crippen LogP contribution in [0.15, 0.2) is 43.1 Å². The molecule has 3 heterocycles. The standard InChI is InChI=1S/C18H26N6O/c1-22(2)9-15-10-24(11-16-5-3-4-6-20-16)12-17(15)21-18(25)13-23-8-7-19-14-23/h3-8,14-15,17H,9-13H2,1-2H3,(H,21,25)/t15-,17-/m1/s1. The molecule has 0 radical (unpaired) electrons. The van der Waals surface area contributed by atoms with E-state index in [1.807, 2.05) is 24.4 Å². The minimum Gasteiger partial charge on any atom is -0.350 e. The number of aromatic nitrogens is 3. The highest BCUT2D eigenvalue weighted by atomic mass is 16.2. The Hall–Kier alpha value is -2.25. The Kier molecular flexibility index (Phi) is 5.78. The van der Waals surface area contributed by atoms with Gasteiger partial charge in [-0.2, -0.15) is 0 Å². The Bertz CT molecular complexity index is 657. The highest BCUT2D eigenvalue weighted by Crippen LogP contribution is 2.19. The van der Waals surface area contributed by atoms with Crippen LogP contribution in [-0.2, 0) is 17.9 Å². The molecule has 1 amide bonds. The summed E-state index contributed by atoms with van der Waals surface area (Å²) in [6, 6.07) is 6.15. The highest BCUT2D eigenvalue weighted by molar-refractivity contribution is 5.76. The van der Waals surface area contributed by atoms with Crippen molar-refractivity contribution in [1.82, 2.24) is 29.7 Å². The highest BCUT2D eigenvalue weighted by Gasteiger charge is 2.34. The smallest absolute Gasteiger partial charge is 0.240 e. The third kappa shape index (κ3) is 5.11. The Balaban J connectivity index is 1.60. The second kappa shape index (κ2) is 8.22. The van der Waals surface area contributed by atoms with Crippen LogP contribution < -0.4 is 5.32 Å². The first-order valence-electron chi connectivity index (χ1n) is 8.62. The van der Waals surface area contributed by atoms with Gasteiger partial charge >= 0.3 is 0 Å². The van der Waals surface area contributed by atoms with E-state index in [2.05, 4.69) is 39.2 Å². The van der Waals surface area contributed by atoms with Crippen molar-refractivity contribution < 1.29 is 4.79 Å². The topological polar surface area (TPSA) is 66.3 Å². The minimum atomic E-state index is 0.0337. The number of hydrogen-bond acceptors (Lipinski definition) is 5. The van der Waals surface area contributed by atoms with E-state index in [4.69, 9.17) is 0 Å². The first kappa shape index (κ1) is 17.6. The van der Waals surface area contributed by atoms with Crippen molar-refractivity contribution in [3.05, 3.63) is 48.8 Å². The molecular formula is C18H26N6O. The van der Waals surface area contributed by atoms with Gasteiger partial charge in [0.05, 0.1) is 12.0 Å². The number of nitrogens with one attached hydrogen (secondary N) is 1. The van der Waals surface area contributed by atoms with Gasteiger partial charge in [0.2, 0.25) is 5.91 Å². The number of imidazole rings is 1. The molecule has 2 aromatic rings. The number of carbonyl (C=O) groups is 1. The van der Waals surface area contributed by atoms with E-state index in [9.17, 15) is 4.79 Å². The van der Waals surface area contributed by atoms with Crippen LogP contribution in [0.2, 0.25) is 0 Å². The van der Waals surface area contributed by atoms with Crippen molar-refractivity contribution in [3.63, 3.8) is 0 Å². The van der Waals surface area contributed by atoms with Crippen molar-refractivity contribution in [2.45, 2.75) is 19.1 Å². The maximum atomic E-state index is 12.4. The molecule has 2 atom stereocenters. The fourth-order valence-corrected chi connectivity index (χ4v) is 3.43. The lowest BCUT2D eigenvalue weighted by Gasteiger charge is -2.23. The third-order valence-corrected chi connectivity index (χ3v) is 4.46. The molecule has 1 fully saturated rings. The van der Waals surface area contributed by atoms with Gasteiger partial charge in [-0.25, -0.2) is 4.98 Å². The van der Waals surface area contributed by atoms with Crippen LogP contribution in [0.4, 0.5) is 0 Å². The summed E-state index contributed by atoms with van der Waals surface area (Å²) in [7, 11) is 4.15. The number of pyridine rings is 1. The summed E-state index contributed by atoms with van der Waals surface area (Å²) in [6.45, 7) is 3.90. The van der Waals surface area contributed by atoms with Gasteiger partial charge in [-0.1, -0.05) is 6.07 Å². The van der Waals surface area contributed by atoms with Crippen molar-refractivity contribution >= 4 is 5.91 Å². The summed E-state index contributed by atoms with van der Waals surface area (Å²) in [4.78, 5) is 25.3. The van der Waals surface area contributed by atoms with Crippen molar-refractivity contribution in [3.8, 4) is 0 Å². The average Bonchev–Trinajstić information content (AvgIpc) is 3.18. The van der Waals surface area contributed by atoms with Crippen LogP contribution in [0.5, 0.6) is 0 Å². The van der Waals surface area contributed by atoms with Crippen LogP contribution in [0.3, 0.4) is 0 Å². The number of amides is 1. The van der Waals surface area contributed by atoms with Gasteiger partial charge in [0.15, 0.2) is 0 Å². The zero-order chi connectivity index (χ0) is 17.6. The second-order valence-corrected chi connectivity index (χ2v) is 6.95. The summed E-state index contributed by atoms with van der Waals surface area (Å²) in [5.41, 5.74) is 1.07. The Morgan fingerprint density at radius 2 is 2.20 bits per heavy atom. The summed E-state index contributed by atoms with van der Waals surface area (Å²) >= 11 is 0. The fourth-order valence-electron chi connectivity index (χ4n) is 3.43. The van der Waals surface area contributed by atoms with Gasteiger partial charge in [-0.3, -0.25) is 14.7 Å². The van der Waals surface area contributed by atoms with Crippen LogP contribution in [0.25, 0.3) is 0 Å². The fraction of sp³-hybridized carbons (Fsp3) is 0.500. The molecule has 25 heavy (non-hydrogen) atoms. The molecule has 134 valence electrons. The molecule has 1 saturated heterocycles. The van der Waals surface area contributed by atoms with Gasteiger partial charge in [0, 0.05) is 56.7 Å². The SMILES string of the molecule is CN(C)C[C@@H]1CN(Cc2ccccn2)C[C@H]1NC(=O)Cn1ccnc1. The predicted molar refractivity (Wildman–Crippen MR) is 95.7 cm³/mol. The van der Waals surface area contributed by atoms with Crippen LogP contribution in [-0.4, -0.2) is 70.0 Å². The zero-order valence-electron chi connectivity index (χ0n) is 14.9. The van der Waals surface area contributed by atoms with Crippen molar-refractivity contribution in [2.75, 3.05) is 33.7 Å². The molecule has 0 spiro atoms. The minimum absolute atomic E-state index is 0.0337. The number of carbonyl (C=O) groups excluding carboxylic acids is 1. The summed E-state index contributed by atoms with van der Waals surface area (Å²) in [5.74, 6) is 0.442. The molecule has 7 heteroatoms. The first-order chi connectivity index (χ1) is 12.1. The van der Waals surface area contributed by atoms with E-state index in [0.717, 1.165) is 31.9 Å². The molecule has 2 aromatic heterocycles. The Morgan fingerprint density at radius 1 is 1.32 bits per heavy atom. The molecule has 1 aliphatic heterocycles. The lowest BCUT2D eigenvalue weighted by Crippen LogP contribution is -2.44. The molecule has 7 nitrogen and oxygen atoms in total. The zero-order valence-corrected chi connectivity index (χ0v) is 14.9. The van der Waals surface area contributed by atoms with Gasteiger partial charge in [-0.15, -0.1) is 0 Å². The maximum Gasteiger partial charge on any atom is 0.240 e. The van der Waals surface area contributed by atoms with Gasteiger partial charge in [0.25, 0.3) is 0 Å². The molecule has 0 bridgehead atoms. The molecule has 0 aromatic carbocycles. The second-order valence-electron chi connectivity index (χ2n) is 6.95. The molecule has 0 unspecified atom stereocenters. The lowest BCUT2D eigenvalue weighted by atomic mass is 10.0. The van der Waals surface area contributed by atoms with Crippen molar-refractivity contribution in [1.29, 1.82) is 0 Å². The Morgan fingerprint density at radius 3 is 2.88 bits per heavy atom. The average molecular weight is 342 g/mol. The number of hydrogen-bond donors (Lipinski definition) is 1. The van der Waals surface area contributed by atoms with E-state index in [0.29, 0.717) is 12.5 Å². The molecule has 1 aliphatic rings. The van der Waals surface area contributed by atoms with E-state index >= 15 is 0 Å². The van der Waals surface area contributed by atoms with E-state index in [1.165, 1.54) is 0 Å². The predicted octanol–water partition coefficient (Wildman–Crippen LogP) is 0.457. The first-order valence-corrected chi connectivity index (χ1v) is 8.62. The number of rotatable bonds is 7. The molecule has 1 N–H and O–H groups in total. The van der Waals surface area contributed by atoms with Gasteiger partial charge in [-0.05, 0) is 26.2 Å².